The van der Waals surface area contributed by atoms with Gasteiger partial charge in [-0.3, -0.25) is 4.99 Å². The van der Waals surface area contributed by atoms with Gasteiger partial charge >= 0.3 is 0 Å². The van der Waals surface area contributed by atoms with E-state index in [9.17, 15) is 4.39 Å². The summed E-state index contributed by atoms with van der Waals surface area (Å²) < 4.78 is 24.5. The van der Waals surface area contributed by atoms with Crippen molar-refractivity contribution in [2.75, 3.05) is 40.9 Å². The van der Waals surface area contributed by atoms with Crippen LogP contribution in [0.4, 0.5) is 4.39 Å². The molecule has 1 aliphatic heterocycles. The van der Waals surface area contributed by atoms with Crippen LogP contribution in [0.25, 0.3) is 10.9 Å². The molecule has 0 amide bonds. The maximum Gasteiger partial charge on any atom is 0.193 e. The summed E-state index contributed by atoms with van der Waals surface area (Å²) in [6.07, 6.45) is 3.78. The standard InChI is InChI=1S/C24H29FN4O2/c1-26-24(27-8-6-16-14-28-23-5-4-19(25)12-22(16)23)29-9-7-17(15-29)18-10-20(30-2)13-21(11-18)31-3/h4-5,10-14,17,28H,6-9,15H2,1-3H3,(H,26,27). The van der Waals surface area contributed by atoms with Gasteiger partial charge in [-0.1, -0.05) is 0 Å². The highest BCUT2D eigenvalue weighted by Crippen LogP contribution is 2.33. The number of likely N-dealkylation sites (tertiary alicyclic amines) is 1. The largest absolute Gasteiger partial charge is 0.497 e. The zero-order valence-electron chi connectivity index (χ0n) is 18.2. The van der Waals surface area contributed by atoms with E-state index >= 15 is 0 Å². The smallest absolute Gasteiger partial charge is 0.193 e. The van der Waals surface area contributed by atoms with Gasteiger partial charge in [-0.25, -0.2) is 4.39 Å². The van der Waals surface area contributed by atoms with Gasteiger partial charge in [0.15, 0.2) is 5.96 Å². The minimum atomic E-state index is -0.214. The Balaban J connectivity index is 1.37. The van der Waals surface area contributed by atoms with Crippen LogP contribution < -0.4 is 14.8 Å². The number of methoxy groups -OCH3 is 2. The summed E-state index contributed by atoms with van der Waals surface area (Å²) in [6, 6.07) is 10.9. The fourth-order valence-electron chi connectivity index (χ4n) is 4.29. The topological polar surface area (TPSA) is 61.9 Å². The number of ether oxygens (including phenoxy) is 2. The lowest BCUT2D eigenvalue weighted by Crippen LogP contribution is -2.40. The summed E-state index contributed by atoms with van der Waals surface area (Å²) in [4.78, 5) is 9.97. The number of guanidine groups is 1. The van der Waals surface area contributed by atoms with Gasteiger partial charge in [0.2, 0.25) is 0 Å². The Morgan fingerprint density at radius 1 is 1.19 bits per heavy atom. The van der Waals surface area contributed by atoms with Crippen molar-refractivity contribution in [3.8, 4) is 11.5 Å². The molecule has 0 aliphatic carbocycles. The lowest BCUT2D eigenvalue weighted by atomic mass is 9.98. The van der Waals surface area contributed by atoms with Gasteiger partial charge < -0.3 is 24.7 Å². The highest BCUT2D eigenvalue weighted by Gasteiger charge is 2.27. The van der Waals surface area contributed by atoms with E-state index in [1.807, 2.05) is 19.3 Å². The quantitative estimate of drug-likeness (QED) is 0.465. The summed E-state index contributed by atoms with van der Waals surface area (Å²) in [5, 5.41) is 4.40. The van der Waals surface area contributed by atoms with Gasteiger partial charge in [0.25, 0.3) is 0 Å². The third kappa shape index (κ3) is 4.60. The molecule has 1 saturated heterocycles. The van der Waals surface area contributed by atoms with E-state index in [2.05, 4.69) is 32.3 Å². The molecule has 2 heterocycles. The molecule has 2 N–H and O–H groups in total. The van der Waals surface area contributed by atoms with E-state index < -0.39 is 0 Å². The Morgan fingerprint density at radius 2 is 1.97 bits per heavy atom. The second kappa shape index (κ2) is 9.29. The molecule has 1 aromatic heterocycles. The van der Waals surface area contributed by atoms with Crippen LogP contribution in [0, 0.1) is 5.82 Å². The molecular formula is C24H29FN4O2. The van der Waals surface area contributed by atoms with E-state index in [0.29, 0.717) is 5.92 Å². The number of nitrogens with zero attached hydrogens (tertiary/aromatic N) is 2. The number of nitrogens with one attached hydrogen (secondary N) is 2. The van der Waals surface area contributed by atoms with E-state index in [1.165, 1.54) is 11.6 Å². The average molecular weight is 425 g/mol. The molecule has 164 valence electrons. The van der Waals surface area contributed by atoms with Crippen LogP contribution in [-0.4, -0.2) is 56.7 Å². The average Bonchev–Trinajstić information content (AvgIpc) is 3.44. The van der Waals surface area contributed by atoms with E-state index in [1.54, 1.807) is 26.4 Å². The molecule has 2 aromatic carbocycles. The lowest BCUT2D eigenvalue weighted by Gasteiger charge is -2.22. The van der Waals surface area contributed by atoms with Crippen LogP contribution in [0.15, 0.2) is 47.6 Å². The Bertz CT molecular complexity index is 1060. The fourth-order valence-corrected chi connectivity index (χ4v) is 4.29. The number of hydrogen-bond acceptors (Lipinski definition) is 3. The fraction of sp³-hybridized carbons (Fsp3) is 0.375. The van der Waals surface area contributed by atoms with Gasteiger partial charge in [-0.2, -0.15) is 0 Å². The molecule has 1 fully saturated rings. The molecule has 0 spiro atoms. The van der Waals surface area contributed by atoms with Crippen molar-refractivity contribution >= 4 is 16.9 Å². The van der Waals surface area contributed by atoms with Crippen LogP contribution >= 0.6 is 0 Å². The summed E-state index contributed by atoms with van der Waals surface area (Å²) in [7, 11) is 5.16. The van der Waals surface area contributed by atoms with Crippen LogP contribution in [0.5, 0.6) is 11.5 Å². The maximum atomic E-state index is 13.6. The normalized spacial score (nSPS) is 16.7. The summed E-state index contributed by atoms with van der Waals surface area (Å²) in [5.74, 6) is 2.69. The Morgan fingerprint density at radius 3 is 2.68 bits per heavy atom. The van der Waals surface area contributed by atoms with Gasteiger partial charge in [0.1, 0.15) is 17.3 Å². The van der Waals surface area contributed by atoms with Gasteiger partial charge in [0, 0.05) is 55.8 Å². The molecule has 3 aromatic rings. The Labute approximate surface area is 182 Å². The molecule has 4 rings (SSSR count). The first-order valence-corrected chi connectivity index (χ1v) is 10.6. The maximum absolute atomic E-state index is 13.6. The number of aliphatic imine (C=N–C) groups is 1. The van der Waals surface area contributed by atoms with Crippen molar-refractivity contribution in [1.29, 1.82) is 0 Å². The van der Waals surface area contributed by atoms with Crippen LogP contribution in [0.1, 0.15) is 23.5 Å². The van der Waals surface area contributed by atoms with Crippen molar-refractivity contribution in [2.45, 2.75) is 18.8 Å². The minimum absolute atomic E-state index is 0.214. The number of aromatic nitrogens is 1. The van der Waals surface area contributed by atoms with Gasteiger partial charge in [-0.05, 0) is 54.3 Å². The molecule has 0 saturated carbocycles. The zero-order chi connectivity index (χ0) is 21.8. The van der Waals surface area contributed by atoms with Gasteiger partial charge in [-0.15, -0.1) is 0 Å². The number of fused-ring (bicyclic) bond motifs is 1. The number of H-pyrrole nitrogens is 1. The lowest BCUT2D eigenvalue weighted by molar-refractivity contribution is 0.392. The molecule has 31 heavy (non-hydrogen) atoms. The molecule has 0 radical (unpaired) electrons. The molecule has 1 unspecified atom stereocenters. The van der Waals surface area contributed by atoms with Crippen LogP contribution in [-0.2, 0) is 6.42 Å². The van der Waals surface area contributed by atoms with Gasteiger partial charge in [0.05, 0.1) is 14.2 Å². The van der Waals surface area contributed by atoms with Crippen LogP contribution in [0.2, 0.25) is 0 Å². The first-order valence-electron chi connectivity index (χ1n) is 10.6. The number of benzene rings is 2. The predicted molar refractivity (Wildman–Crippen MR) is 122 cm³/mol. The summed E-state index contributed by atoms with van der Waals surface area (Å²) >= 11 is 0. The third-order valence-corrected chi connectivity index (χ3v) is 5.95. The molecule has 1 atom stereocenters. The summed E-state index contributed by atoms with van der Waals surface area (Å²) in [5.41, 5.74) is 3.27. The Hall–Kier alpha value is -3.22. The van der Waals surface area contributed by atoms with E-state index in [-0.39, 0.29) is 5.82 Å². The van der Waals surface area contributed by atoms with Crippen molar-refractivity contribution < 1.29 is 13.9 Å². The third-order valence-electron chi connectivity index (χ3n) is 5.95. The van der Waals surface area contributed by atoms with E-state index in [4.69, 9.17) is 9.47 Å². The van der Waals surface area contributed by atoms with Crippen molar-refractivity contribution in [3.05, 3.63) is 59.5 Å². The monoisotopic (exact) mass is 424 g/mol. The van der Waals surface area contributed by atoms with Crippen molar-refractivity contribution in [2.24, 2.45) is 4.99 Å². The summed E-state index contributed by atoms with van der Waals surface area (Å²) in [6.45, 7) is 2.54. The molecule has 7 heteroatoms. The SMILES string of the molecule is CN=C(NCCc1c[nH]c2ccc(F)cc12)N1CCC(c2cc(OC)cc(OC)c2)C1. The highest BCUT2D eigenvalue weighted by molar-refractivity contribution is 5.83. The molecule has 1 aliphatic rings. The number of hydrogen-bond donors (Lipinski definition) is 2. The number of rotatable bonds is 6. The predicted octanol–water partition coefficient (Wildman–Crippen LogP) is 3.93. The minimum Gasteiger partial charge on any atom is -0.497 e. The zero-order valence-corrected chi connectivity index (χ0v) is 18.2. The second-order valence-corrected chi connectivity index (χ2v) is 7.81. The first kappa shape index (κ1) is 21.0. The molecule has 0 bridgehead atoms. The molecule has 6 nitrogen and oxygen atoms in total. The number of halogens is 1. The van der Waals surface area contributed by atoms with Crippen molar-refractivity contribution in [3.63, 3.8) is 0 Å². The first-order chi connectivity index (χ1) is 15.1. The Kier molecular flexibility index (Phi) is 6.30. The van der Waals surface area contributed by atoms with Crippen molar-refractivity contribution in [1.82, 2.24) is 15.2 Å². The number of aromatic amines is 1. The highest BCUT2D eigenvalue weighted by atomic mass is 19.1. The van der Waals surface area contributed by atoms with Crippen LogP contribution in [0.3, 0.4) is 0 Å². The second-order valence-electron chi connectivity index (χ2n) is 7.81. The van der Waals surface area contributed by atoms with E-state index in [0.717, 1.165) is 66.4 Å². The molecular weight excluding hydrogens is 395 g/mol.